The molecule has 8 heteroatoms. The van der Waals surface area contributed by atoms with E-state index in [-0.39, 0.29) is 18.0 Å². The van der Waals surface area contributed by atoms with Crippen molar-refractivity contribution in [3.8, 4) is 0 Å². The van der Waals surface area contributed by atoms with Gasteiger partial charge < -0.3 is 5.32 Å². The number of fused-ring (bicyclic) bond motifs is 1. The normalized spacial score (nSPS) is 10.9. The van der Waals surface area contributed by atoms with Gasteiger partial charge in [0.15, 0.2) is 0 Å². The van der Waals surface area contributed by atoms with Crippen molar-refractivity contribution >= 4 is 22.5 Å². The summed E-state index contributed by atoms with van der Waals surface area (Å²) in [5.41, 5.74) is 1.96. The molecule has 0 atom stereocenters. The zero-order chi connectivity index (χ0) is 19.5. The third kappa shape index (κ3) is 3.52. The van der Waals surface area contributed by atoms with E-state index in [1.807, 2.05) is 30.3 Å². The van der Waals surface area contributed by atoms with Crippen LogP contribution < -0.4 is 10.9 Å². The average molecular weight is 374 g/mol. The molecule has 1 N–H and O–H groups in total. The minimum absolute atomic E-state index is 0.111. The van der Waals surface area contributed by atoms with Gasteiger partial charge in [0.05, 0.1) is 17.4 Å². The minimum atomic E-state index is -0.298. The second kappa shape index (κ2) is 7.43. The molecule has 2 aromatic heterocycles. The molecule has 0 aliphatic heterocycles. The van der Waals surface area contributed by atoms with E-state index in [1.165, 1.54) is 10.9 Å². The highest BCUT2D eigenvalue weighted by Gasteiger charge is 2.13. The molecule has 0 saturated heterocycles. The number of carbonyl (C=O) groups is 1. The van der Waals surface area contributed by atoms with Gasteiger partial charge in [0.25, 0.3) is 5.56 Å². The Morgan fingerprint density at radius 3 is 2.71 bits per heavy atom. The number of anilines is 1. The number of para-hydroxylation sites is 2. The first-order valence-electron chi connectivity index (χ1n) is 8.78. The van der Waals surface area contributed by atoms with Crippen molar-refractivity contribution in [2.75, 3.05) is 5.32 Å². The summed E-state index contributed by atoms with van der Waals surface area (Å²) in [4.78, 5) is 33.7. The maximum atomic E-state index is 12.7. The van der Waals surface area contributed by atoms with Crippen molar-refractivity contribution in [2.45, 2.75) is 20.0 Å². The van der Waals surface area contributed by atoms with E-state index >= 15 is 0 Å². The van der Waals surface area contributed by atoms with Crippen LogP contribution in [0, 0.1) is 6.92 Å². The molecule has 140 valence electrons. The van der Waals surface area contributed by atoms with Crippen LogP contribution in [0.15, 0.2) is 66.0 Å². The Morgan fingerprint density at radius 1 is 1.11 bits per heavy atom. The van der Waals surface area contributed by atoms with Gasteiger partial charge in [-0.1, -0.05) is 30.3 Å². The minimum Gasteiger partial charge on any atom is -0.324 e. The molecular formula is C20H18N6O2. The monoisotopic (exact) mass is 374 g/mol. The van der Waals surface area contributed by atoms with Crippen LogP contribution in [0.25, 0.3) is 10.9 Å². The molecule has 0 fully saturated rings. The van der Waals surface area contributed by atoms with Crippen LogP contribution in [0.2, 0.25) is 0 Å². The SMILES string of the molecule is Cc1nc2ccccc2c(=O)n1CC(=O)Nc1ccccc1Cn1cncn1. The zero-order valence-corrected chi connectivity index (χ0v) is 15.2. The number of amides is 1. The summed E-state index contributed by atoms with van der Waals surface area (Å²) in [5, 5.41) is 7.47. The fraction of sp³-hybridized carbons (Fsp3) is 0.150. The van der Waals surface area contributed by atoms with E-state index in [0.29, 0.717) is 29.0 Å². The van der Waals surface area contributed by atoms with Gasteiger partial charge in [0, 0.05) is 5.69 Å². The van der Waals surface area contributed by atoms with E-state index in [2.05, 4.69) is 20.4 Å². The predicted octanol–water partition coefficient (Wildman–Crippen LogP) is 1.98. The smallest absolute Gasteiger partial charge is 0.261 e. The van der Waals surface area contributed by atoms with Crippen LogP contribution in [-0.2, 0) is 17.9 Å². The fourth-order valence-corrected chi connectivity index (χ4v) is 3.07. The average Bonchev–Trinajstić information content (AvgIpc) is 3.20. The van der Waals surface area contributed by atoms with Crippen LogP contribution >= 0.6 is 0 Å². The van der Waals surface area contributed by atoms with Gasteiger partial charge in [0.2, 0.25) is 5.91 Å². The fourth-order valence-electron chi connectivity index (χ4n) is 3.07. The molecule has 0 spiro atoms. The lowest BCUT2D eigenvalue weighted by Gasteiger charge is -2.13. The topological polar surface area (TPSA) is 94.7 Å². The quantitative estimate of drug-likeness (QED) is 0.576. The van der Waals surface area contributed by atoms with Crippen LogP contribution in [-0.4, -0.2) is 30.2 Å². The molecule has 4 aromatic rings. The number of aryl methyl sites for hydroxylation is 1. The molecule has 2 heterocycles. The Hall–Kier alpha value is -3.81. The van der Waals surface area contributed by atoms with E-state index in [9.17, 15) is 9.59 Å². The maximum Gasteiger partial charge on any atom is 0.261 e. The number of hydrogen-bond donors (Lipinski definition) is 1. The summed E-state index contributed by atoms with van der Waals surface area (Å²) < 4.78 is 3.06. The maximum absolute atomic E-state index is 12.7. The van der Waals surface area contributed by atoms with E-state index in [1.54, 1.807) is 36.1 Å². The zero-order valence-electron chi connectivity index (χ0n) is 15.2. The molecule has 0 radical (unpaired) electrons. The molecule has 1 amide bonds. The third-order valence-corrected chi connectivity index (χ3v) is 4.44. The molecule has 0 bridgehead atoms. The first-order valence-corrected chi connectivity index (χ1v) is 8.78. The Balaban J connectivity index is 1.58. The summed E-state index contributed by atoms with van der Waals surface area (Å²) in [6.07, 6.45) is 3.07. The van der Waals surface area contributed by atoms with Gasteiger partial charge in [-0.15, -0.1) is 0 Å². The number of benzene rings is 2. The van der Waals surface area contributed by atoms with Gasteiger partial charge in [-0.25, -0.2) is 14.6 Å². The van der Waals surface area contributed by atoms with Crippen molar-refractivity contribution < 1.29 is 4.79 Å². The van der Waals surface area contributed by atoms with Gasteiger partial charge in [-0.3, -0.25) is 14.2 Å². The highest BCUT2D eigenvalue weighted by molar-refractivity contribution is 5.91. The number of aromatic nitrogens is 5. The molecule has 4 rings (SSSR count). The van der Waals surface area contributed by atoms with Crippen LogP contribution in [0.5, 0.6) is 0 Å². The molecular weight excluding hydrogens is 356 g/mol. The van der Waals surface area contributed by atoms with Crippen molar-refractivity contribution in [1.29, 1.82) is 0 Å². The summed E-state index contributed by atoms with van der Waals surface area (Å²) in [6, 6.07) is 14.6. The molecule has 8 nitrogen and oxygen atoms in total. The number of carbonyl (C=O) groups excluding carboxylic acids is 1. The molecule has 0 saturated carbocycles. The largest absolute Gasteiger partial charge is 0.324 e. The van der Waals surface area contributed by atoms with E-state index < -0.39 is 0 Å². The molecule has 2 aromatic carbocycles. The van der Waals surface area contributed by atoms with Gasteiger partial charge in [-0.2, -0.15) is 5.10 Å². The predicted molar refractivity (Wildman–Crippen MR) is 105 cm³/mol. The van der Waals surface area contributed by atoms with E-state index in [0.717, 1.165) is 5.56 Å². The van der Waals surface area contributed by atoms with Gasteiger partial charge >= 0.3 is 0 Å². The lowest BCUT2D eigenvalue weighted by Crippen LogP contribution is -2.30. The van der Waals surface area contributed by atoms with Crippen molar-refractivity contribution in [2.24, 2.45) is 0 Å². The molecule has 28 heavy (non-hydrogen) atoms. The summed E-state index contributed by atoms with van der Waals surface area (Å²) in [6.45, 7) is 2.09. The first-order chi connectivity index (χ1) is 13.6. The van der Waals surface area contributed by atoms with E-state index in [4.69, 9.17) is 0 Å². The Kier molecular flexibility index (Phi) is 4.67. The lowest BCUT2D eigenvalue weighted by molar-refractivity contribution is -0.116. The summed E-state index contributed by atoms with van der Waals surface area (Å²) in [5.74, 6) is 0.197. The second-order valence-corrected chi connectivity index (χ2v) is 6.37. The van der Waals surface area contributed by atoms with Crippen LogP contribution in [0.3, 0.4) is 0 Å². The van der Waals surface area contributed by atoms with Gasteiger partial charge in [-0.05, 0) is 30.7 Å². The number of nitrogens with zero attached hydrogens (tertiary/aromatic N) is 5. The Labute approximate surface area is 160 Å². The van der Waals surface area contributed by atoms with Crippen molar-refractivity contribution in [3.63, 3.8) is 0 Å². The standard InChI is InChI=1S/C20H18N6O2/c1-14-23-18-9-5-3-7-16(18)20(28)26(14)11-19(27)24-17-8-4-2-6-15(17)10-25-13-21-12-22-25/h2-9,12-13H,10-11H2,1H3,(H,24,27). The Bertz CT molecular complexity index is 1200. The van der Waals surface area contributed by atoms with Gasteiger partial charge in [0.1, 0.15) is 25.0 Å². The van der Waals surface area contributed by atoms with Crippen LogP contribution in [0.1, 0.15) is 11.4 Å². The summed E-state index contributed by atoms with van der Waals surface area (Å²) >= 11 is 0. The second-order valence-electron chi connectivity index (χ2n) is 6.37. The Morgan fingerprint density at radius 2 is 1.89 bits per heavy atom. The highest BCUT2D eigenvalue weighted by atomic mass is 16.2. The first kappa shape index (κ1) is 17.6. The molecule has 0 aliphatic carbocycles. The number of rotatable bonds is 5. The molecule has 0 unspecified atom stereocenters. The number of nitrogens with one attached hydrogen (secondary N) is 1. The van der Waals surface area contributed by atoms with Crippen molar-refractivity contribution in [3.05, 3.63) is 82.9 Å². The highest BCUT2D eigenvalue weighted by Crippen LogP contribution is 2.16. The van der Waals surface area contributed by atoms with Crippen LogP contribution in [0.4, 0.5) is 5.69 Å². The molecule has 0 aliphatic rings. The third-order valence-electron chi connectivity index (χ3n) is 4.44. The lowest BCUT2D eigenvalue weighted by atomic mass is 10.1. The van der Waals surface area contributed by atoms with Crippen molar-refractivity contribution in [1.82, 2.24) is 24.3 Å². The number of hydrogen-bond acceptors (Lipinski definition) is 5. The summed E-state index contributed by atoms with van der Waals surface area (Å²) in [7, 11) is 0.